The number of benzene rings is 1. The first-order chi connectivity index (χ1) is 17.6. The Balaban J connectivity index is 1.21. The molecular weight excluding hydrogens is 502 g/mol. The van der Waals surface area contributed by atoms with Crippen LogP contribution in [0.1, 0.15) is 45.4 Å². The van der Waals surface area contributed by atoms with Crippen LogP contribution >= 0.6 is 0 Å². The van der Waals surface area contributed by atoms with E-state index in [9.17, 15) is 17.2 Å². The molecule has 3 heterocycles. The second kappa shape index (κ2) is 11.5. The molecule has 0 unspecified atom stereocenters. The summed E-state index contributed by atoms with van der Waals surface area (Å²) >= 11 is 0. The highest BCUT2D eigenvalue weighted by atomic mass is 32.2. The van der Waals surface area contributed by atoms with Crippen molar-refractivity contribution in [2.75, 3.05) is 36.1 Å². The van der Waals surface area contributed by atoms with Gasteiger partial charge < -0.3 is 14.7 Å². The quantitative estimate of drug-likeness (QED) is 0.375. The lowest BCUT2D eigenvalue weighted by atomic mass is 9.92. The van der Waals surface area contributed by atoms with E-state index in [4.69, 9.17) is 4.52 Å². The normalized spacial score (nSPS) is 14.9. The fraction of sp³-hybridized carbons (Fsp3) is 0.520. The van der Waals surface area contributed by atoms with E-state index in [-0.39, 0.29) is 5.69 Å². The van der Waals surface area contributed by atoms with Crippen molar-refractivity contribution in [1.82, 2.24) is 20.1 Å². The van der Waals surface area contributed by atoms with Crippen molar-refractivity contribution >= 4 is 21.5 Å². The molecule has 1 aromatic carbocycles. The third kappa shape index (κ3) is 7.00. The van der Waals surface area contributed by atoms with Crippen LogP contribution in [0.3, 0.4) is 0 Å². The fourth-order valence-corrected chi connectivity index (χ4v) is 5.29. The van der Waals surface area contributed by atoms with Crippen LogP contribution in [0, 0.1) is 23.5 Å². The van der Waals surface area contributed by atoms with Crippen molar-refractivity contribution in [3.05, 3.63) is 42.1 Å². The van der Waals surface area contributed by atoms with Crippen molar-refractivity contribution < 1.29 is 21.7 Å². The summed E-state index contributed by atoms with van der Waals surface area (Å²) in [5.74, 6) is 0.582. The van der Waals surface area contributed by atoms with Crippen LogP contribution in [0.4, 0.5) is 20.4 Å². The van der Waals surface area contributed by atoms with Gasteiger partial charge in [-0.15, -0.1) is 0 Å². The molecule has 9 nitrogen and oxygen atoms in total. The Morgan fingerprint density at radius 3 is 2.38 bits per heavy atom. The molecule has 12 heteroatoms. The zero-order valence-corrected chi connectivity index (χ0v) is 22.1. The second-order valence-electron chi connectivity index (χ2n) is 9.92. The minimum atomic E-state index is -3.96. The number of nitrogens with zero attached hydrogens (tertiary/aromatic N) is 5. The first-order valence-corrected chi connectivity index (χ1v) is 14.3. The van der Waals surface area contributed by atoms with E-state index in [2.05, 4.69) is 44.2 Å². The number of hydrogen-bond acceptors (Lipinski definition) is 9. The Kier molecular flexibility index (Phi) is 8.35. The average Bonchev–Trinajstić information content (AvgIpc) is 3.29. The molecule has 1 fully saturated rings. The predicted molar refractivity (Wildman–Crippen MR) is 136 cm³/mol. The van der Waals surface area contributed by atoms with Crippen LogP contribution < -0.4 is 10.2 Å². The number of sulfone groups is 1. The first kappa shape index (κ1) is 26.9. The lowest BCUT2D eigenvalue weighted by Crippen LogP contribution is -2.34. The molecule has 1 saturated heterocycles. The predicted octanol–water partition coefficient (Wildman–Crippen LogP) is 4.52. The second-order valence-corrected chi connectivity index (χ2v) is 11.9. The number of rotatable bonds is 10. The highest BCUT2D eigenvalue weighted by molar-refractivity contribution is 7.90. The van der Waals surface area contributed by atoms with Crippen molar-refractivity contribution in [3.8, 4) is 11.4 Å². The zero-order chi connectivity index (χ0) is 26.6. The van der Waals surface area contributed by atoms with E-state index in [1.54, 1.807) is 12.4 Å². The van der Waals surface area contributed by atoms with Crippen LogP contribution in [-0.4, -0.2) is 54.4 Å². The van der Waals surface area contributed by atoms with Gasteiger partial charge in [0.2, 0.25) is 17.7 Å². The summed E-state index contributed by atoms with van der Waals surface area (Å²) in [7, 11) is -3.96. The molecule has 2 aromatic heterocycles. The standard InChI is InChI=1S/C25H32F2N6O3S/c1-16(2)11-22-31-24(32-36-22)18-14-29-25(30-15-18)33-9-6-17(7-10-33)5-4-8-28-19-12-20(26)23(21(27)13-19)37(3,34)35/h12-17,28H,4-11H2,1-3H3. The highest BCUT2D eigenvalue weighted by Crippen LogP contribution is 2.26. The topological polar surface area (TPSA) is 114 Å². The number of anilines is 2. The van der Waals surface area contributed by atoms with Crippen LogP contribution in [0.15, 0.2) is 33.9 Å². The molecular formula is C25H32F2N6O3S. The van der Waals surface area contributed by atoms with E-state index >= 15 is 0 Å². The Bertz CT molecular complexity index is 1280. The molecule has 0 amide bonds. The average molecular weight is 535 g/mol. The molecule has 1 N–H and O–H groups in total. The number of aromatic nitrogens is 4. The summed E-state index contributed by atoms with van der Waals surface area (Å²) in [6.45, 7) is 6.42. The van der Waals surface area contributed by atoms with Crippen LogP contribution in [0.25, 0.3) is 11.4 Å². The summed E-state index contributed by atoms with van der Waals surface area (Å²) in [5, 5.41) is 7.01. The van der Waals surface area contributed by atoms with Crippen molar-refractivity contribution in [2.45, 2.75) is 50.8 Å². The van der Waals surface area contributed by atoms with Crippen LogP contribution in [0.2, 0.25) is 0 Å². The summed E-state index contributed by atoms with van der Waals surface area (Å²) in [5.41, 5.74) is 0.949. The van der Waals surface area contributed by atoms with Gasteiger partial charge in [0.05, 0.1) is 5.56 Å². The molecule has 1 aliphatic rings. The van der Waals surface area contributed by atoms with Gasteiger partial charge in [-0.3, -0.25) is 0 Å². The zero-order valence-electron chi connectivity index (χ0n) is 21.2. The molecule has 0 bridgehead atoms. The third-order valence-electron chi connectivity index (χ3n) is 6.33. The Morgan fingerprint density at radius 1 is 1.14 bits per heavy atom. The minimum Gasteiger partial charge on any atom is -0.385 e. The smallest absolute Gasteiger partial charge is 0.227 e. The van der Waals surface area contributed by atoms with Gasteiger partial charge in [-0.25, -0.2) is 27.2 Å². The molecule has 200 valence electrons. The van der Waals surface area contributed by atoms with E-state index in [1.165, 1.54) is 0 Å². The first-order valence-electron chi connectivity index (χ1n) is 12.4. The minimum absolute atomic E-state index is 0.231. The Labute approximate surface area is 215 Å². The summed E-state index contributed by atoms with van der Waals surface area (Å²) < 4.78 is 56.4. The Hall–Kier alpha value is -3.15. The van der Waals surface area contributed by atoms with Crippen molar-refractivity contribution in [3.63, 3.8) is 0 Å². The van der Waals surface area contributed by atoms with Gasteiger partial charge in [-0.05, 0) is 49.7 Å². The van der Waals surface area contributed by atoms with E-state index in [1.807, 2.05) is 0 Å². The molecule has 4 rings (SSSR count). The van der Waals surface area contributed by atoms with Gasteiger partial charge in [0.25, 0.3) is 0 Å². The largest absolute Gasteiger partial charge is 0.385 e. The maximum atomic E-state index is 14.0. The molecule has 37 heavy (non-hydrogen) atoms. The maximum Gasteiger partial charge on any atom is 0.227 e. The van der Waals surface area contributed by atoms with Gasteiger partial charge in [-0.1, -0.05) is 19.0 Å². The van der Waals surface area contributed by atoms with Gasteiger partial charge in [-0.2, -0.15) is 4.98 Å². The Morgan fingerprint density at radius 2 is 1.78 bits per heavy atom. The van der Waals surface area contributed by atoms with E-state index in [0.717, 1.165) is 69.1 Å². The van der Waals surface area contributed by atoms with Crippen LogP contribution in [0.5, 0.6) is 0 Å². The number of halogens is 2. The molecule has 0 aliphatic carbocycles. The highest BCUT2D eigenvalue weighted by Gasteiger charge is 2.22. The molecule has 0 atom stereocenters. The summed E-state index contributed by atoms with van der Waals surface area (Å²) in [6, 6.07) is 2.04. The SMILES string of the molecule is CC(C)Cc1nc(-c2cnc(N3CCC(CCCNc4cc(F)c(S(C)(=O)=O)c(F)c4)CC3)nc2)no1. The van der Waals surface area contributed by atoms with E-state index in [0.29, 0.717) is 36.0 Å². The van der Waals surface area contributed by atoms with E-state index < -0.39 is 26.4 Å². The molecule has 0 radical (unpaired) electrons. The van der Waals surface area contributed by atoms with Gasteiger partial charge >= 0.3 is 0 Å². The monoisotopic (exact) mass is 534 g/mol. The van der Waals surface area contributed by atoms with Gasteiger partial charge in [0, 0.05) is 50.4 Å². The third-order valence-corrected chi connectivity index (χ3v) is 7.46. The number of nitrogens with one attached hydrogen (secondary N) is 1. The van der Waals surface area contributed by atoms with Gasteiger partial charge in [0.15, 0.2) is 9.84 Å². The lowest BCUT2D eigenvalue weighted by Gasteiger charge is -2.32. The molecule has 0 saturated carbocycles. The maximum absolute atomic E-state index is 14.0. The summed E-state index contributed by atoms with van der Waals surface area (Å²) in [4.78, 5) is 14.7. The van der Waals surface area contributed by atoms with Crippen LogP contribution in [-0.2, 0) is 16.3 Å². The lowest BCUT2D eigenvalue weighted by molar-refractivity contribution is 0.363. The fourth-order valence-electron chi connectivity index (χ4n) is 4.47. The van der Waals surface area contributed by atoms with Gasteiger partial charge in [0.1, 0.15) is 16.5 Å². The molecule has 3 aromatic rings. The summed E-state index contributed by atoms with van der Waals surface area (Å²) in [6.07, 6.45) is 8.76. The number of piperidine rings is 1. The number of hydrogen-bond donors (Lipinski definition) is 1. The molecule has 1 aliphatic heterocycles. The van der Waals surface area contributed by atoms with Crippen molar-refractivity contribution in [1.29, 1.82) is 0 Å². The van der Waals surface area contributed by atoms with Crippen molar-refractivity contribution in [2.24, 2.45) is 11.8 Å². The molecule has 0 spiro atoms.